The van der Waals surface area contributed by atoms with Gasteiger partial charge in [0.1, 0.15) is 5.82 Å². The second-order valence-corrected chi connectivity index (χ2v) is 5.39. The second kappa shape index (κ2) is 6.70. The van der Waals surface area contributed by atoms with Gasteiger partial charge in [0.05, 0.1) is 0 Å². The average molecular weight is 297 g/mol. The minimum atomic E-state index is -2.41. The lowest BCUT2D eigenvalue weighted by atomic mass is 10.1. The van der Waals surface area contributed by atoms with Crippen molar-refractivity contribution in [3.63, 3.8) is 0 Å². The number of thioether (sulfide) groups is 1. The molecule has 0 amide bonds. The molecule has 1 N–H and O–H groups in total. The Kier molecular flexibility index (Phi) is 4.95. The van der Waals surface area contributed by atoms with Crippen LogP contribution < -0.4 is 5.32 Å². The fraction of sp³-hybridized carbons (Fsp3) is 0.200. The van der Waals surface area contributed by atoms with Gasteiger partial charge in [-0.1, -0.05) is 17.8 Å². The van der Waals surface area contributed by atoms with E-state index in [2.05, 4.69) is 5.32 Å². The third kappa shape index (κ3) is 4.20. The Hall–Kier alpha value is -1.62. The molecule has 0 bridgehead atoms. The minimum Gasteiger partial charge on any atom is -0.381 e. The van der Waals surface area contributed by atoms with Gasteiger partial charge in [-0.05, 0) is 54.4 Å². The highest BCUT2D eigenvalue weighted by atomic mass is 32.2. The van der Waals surface area contributed by atoms with Crippen LogP contribution in [0.3, 0.4) is 0 Å². The van der Waals surface area contributed by atoms with Crippen LogP contribution in [0.5, 0.6) is 0 Å². The van der Waals surface area contributed by atoms with Crippen molar-refractivity contribution in [2.75, 3.05) is 5.32 Å². The van der Waals surface area contributed by atoms with E-state index in [1.807, 2.05) is 6.92 Å². The van der Waals surface area contributed by atoms with Crippen molar-refractivity contribution in [1.82, 2.24) is 0 Å². The highest BCUT2D eigenvalue weighted by molar-refractivity contribution is 7.99. The van der Waals surface area contributed by atoms with Crippen LogP contribution in [-0.2, 0) is 6.54 Å². The molecule has 0 aliphatic heterocycles. The fourth-order valence-corrected chi connectivity index (χ4v) is 2.31. The normalized spacial score (nSPS) is 10.8. The van der Waals surface area contributed by atoms with Crippen LogP contribution in [0.2, 0.25) is 0 Å². The smallest absolute Gasteiger partial charge is 0.288 e. The van der Waals surface area contributed by atoms with E-state index in [1.54, 1.807) is 30.3 Å². The van der Waals surface area contributed by atoms with Gasteiger partial charge in [-0.3, -0.25) is 0 Å². The molecule has 20 heavy (non-hydrogen) atoms. The molecular formula is C15H14F3NS. The average Bonchev–Trinajstić information content (AvgIpc) is 2.39. The predicted octanol–water partition coefficient (Wildman–Crippen LogP) is 5.06. The SMILES string of the molecule is Cc1cc(F)ccc1CNc1ccc(SC(F)F)cc1. The lowest BCUT2D eigenvalue weighted by Gasteiger charge is -2.10. The number of hydrogen-bond donors (Lipinski definition) is 1. The van der Waals surface area contributed by atoms with E-state index in [0.29, 0.717) is 23.2 Å². The Balaban J connectivity index is 1.96. The van der Waals surface area contributed by atoms with E-state index in [-0.39, 0.29) is 5.82 Å². The van der Waals surface area contributed by atoms with Crippen LogP contribution in [-0.4, -0.2) is 5.76 Å². The molecule has 2 aromatic rings. The molecule has 0 unspecified atom stereocenters. The Morgan fingerprint density at radius 3 is 2.40 bits per heavy atom. The zero-order valence-corrected chi connectivity index (χ0v) is 11.7. The summed E-state index contributed by atoms with van der Waals surface area (Å²) in [5.74, 6) is -2.66. The summed E-state index contributed by atoms with van der Waals surface area (Å²) in [4.78, 5) is 0.531. The van der Waals surface area contributed by atoms with Crippen LogP contribution in [0.25, 0.3) is 0 Å². The fourth-order valence-electron chi connectivity index (χ4n) is 1.81. The van der Waals surface area contributed by atoms with E-state index in [9.17, 15) is 13.2 Å². The van der Waals surface area contributed by atoms with Crippen LogP contribution in [0.1, 0.15) is 11.1 Å². The summed E-state index contributed by atoms with van der Waals surface area (Å²) >= 11 is 0.523. The van der Waals surface area contributed by atoms with Crippen LogP contribution in [0.15, 0.2) is 47.4 Å². The lowest BCUT2D eigenvalue weighted by molar-refractivity contribution is 0.252. The Morgan fingerprint density at radius 2 is 1.80 bits per heavy atom. The van der Waals surface area contributed by atoms with Gasteiger partial charge in [0.2, 0.25) is 0 Å². The first-order valence-electron chi connectivity index (χ1n) is 6.08. The maximum atomic E-state index is 13.0. The van der Waals surface area contributed by atoms with Crippen molar-refractivity contribution < 1.29 is 13.2 Å². The molecule has 0 heterocycles. The molecular weight excluding hydrogens is 283 g/mol. The van der Waals surface area contributed by atoms with E-state index in [4.69, 9.17) is 0 Å². The molecule has 0 aromatic heterocycles. The van der Waals surface area contributed by atoms with Crippen molar-refractivity contribution in [1.29, 1.82) is 0 Å². The molecule has 106 valence electrons. The summed E-state index contributed by atoms with van der Waals surface area (Å²) in [6.45, 7) is 2.41. The van der Waals surface area contributed by atoms with Gasteiger partial charge < -0.3 is 5.32 Å². The van der Waals surface area contributed by atoms with Gasteiger partial charge in [-0.2, -0.15) is 8.78 Å². The van der Waals surface area contributed by atoms with Crippen molar-refractivity contribution in [2.45, 2.75) is 24.1 Å². The van der Waals surface area contributed by atoms with Gasteiger partial charge in [0, 0.05) is 17.1 Å². The molecule has 1 nitrogen and oxygen atoms in total. The van der Waals surface area contributed by atoms with Crippen molar-refractivity contribution in [3.05, 3.63) is 59.4 Å². The number of nitrogens with one attached hydrogen (secondary N) is 1. The first-order chi connectivity index (χ1) is 9.54. The number of hydrogen-bond acceptors (Lipinski definition) is 2. The van der Waals surface area contributed by atoms with Gasteiger partial charge in [-0.25, -0.2) is 4.39 Å². The molecule has 5 heteroatoms. The molecule has 0 spiro atoms. The zero-order chi connectivity index (χ0) is 14.5. The highest BCUT2D eigenvalue weighted by Crippen LogP contribution is 2.26. The van der Waals surface area contributed by atoms with Crippen LogP contribution in [0, 0.1) is 12.7 Å². The number of rotatable bonds is 5. The number of halogens is 3. The van der Waals surface area contributed by atoms with Crippen molar-refractivity contribution >= 4 is 17.4 Å². The highest BCUT2D eigenvalue weighted by Gasteiger charge is 2.05. The lowest BCUT2D eigenvalue weighted by Crippen LogP contribution is -2.01. The monoisotopic (exact) mass is 297 g/mol. The summed E-state index contributed by atoms with van der Waals surface area (Å²) in [7, 11) is 0. The standard InChI is InChI=1S/C15H14F3NS/c1-10-8-12(16)3-2-11(10)9-19-13-4-6-14(7-5-13)20-15(17)18/h2-8,15,19H,9H2,1H3. The Morgan fingerprint density at radius 1 is 1.10 bits per heavy atom. The molecule has 2 aromatic carbocycles. The van der Waals surface area contributed by atoms with Gasteiger partial charge >= 0.3 is 0 Å². The van der Waals surface area contributed by atoms with Gasteiger partial charge in [0.25, 0.3) is 5.76 Å². The van der Waals surface area contributed by atoms with E-state index >= 15 is 0 Å². The van der Waals surface area contributed by atoms with Crippen molar-refractivity contribution in [2.24, 2.45) is 0 Å². The molecule has 0 radical (unpaired) electrons. The quantitative estimate of drug-likeness (QED) is 0.774. The number of aryl methyl sites for hydroxylation is 1. The molecule has 0 aliphatic carbocycles. The number of anilines is 1. The Labute approximate surface area is 120 Å². The van der Waals surface area contributed by atoms with Crippen molar-refractivity contribution in [3.8, 4) is 0 Å². The molecule has 0 saturated heterocycles. The topological polar surface area (TPSA) is 12.0 Å². The minimum absolute atomic E-state index is 0.250. The van der Waals surface area contributed by atoms with E-state index < -0.39 is 5.76 Å². The van der Waals surface area contributed by atoms with E-state index in [0.717, 1.165) is 16.8 Å². The third-order valence-corrected chi connectivity index (χ3v) is 3.59. The predicted molar refractivity (Wildman–Crippen MR) is 76.8 cm³/mol. The summed E-state index contributed by atoms with van der Waals surface area (Å²) < 4.78 is 37.3. The first-order valence-corrected chi connectivity index (χ1v) is 6.96. The molecule has 2 rings (SSSR count). The summed E-state index contributed by atoms with van der Waals surface area (Å²) in [5.41, 5.74) is 2.71. The maximum Gasteiger partial charge on any atom is 0.288 e. The number of alkyl halides is 2. The zero-order valence-electron chi connectivity index (χ0n) is 10.9. The Bertz CT molecular complexity index is 570. The largest absolute Gasteiger partial charge is 0.381 e. The van der Waals surface area contributed by atoms with Crippen LogP contribution >= 0.6 is 11.8 Å². The van der Waals surface area contributed by atoms with Crippen LogP contribution in [0.4, 0.5) is 18.9 Å². The third-order valence-electron chi connectivity index (χ3n) is 2.87. The molecule has 0 fully saturated rings. The summed E-state index contributed by atoms with van der Waals surface area (Å²) in [5, 5.41) is 3.18. The van der Waals surface area contributed by atoms with Gasteiger partial charge in [-0.15, -0.1) is 0 Å². The number of benzene rings is 2. The summed E-state index contributed by atoms with van der Waals surface area (Å²) in [6.07, 6.45) is 0. The maximum absolute atomic E-state index is 13.0. The molecule has 0 atom stereocenters. The summed E-state index contributed by atoms with van der Waals surface area (Å²) in [6, 6.07) is 11.4. The van der Waals surface area contributed by atoms with Gasteiger partial charge in [0.15, 0.2) is 0 Å². The van der Waals surface area contributed by atoms with E-state index in [1.165, 1.54) is 12.1 Å². The molecule has 0 saturated carbocycles. The first kappa shape index (κ1) is 14.8. The second-order valence-electron chi connectivity index (χ2n) is 4.33. The molecule has 0 aliphatic rings.